The Hall–Kier alpha value is -2.15. The first-order valence-corrected chi connectivity index (χ1v) is 7.28. The first-order valence-electron chi connectivity index (χ1n) is 6.30. The van der Waals surface area contributed by atoms with E-state index in [4.69, 9.17) is 5.73 Å². The van der Waals surface area contributed by atoms with Crippen molar-refractivity contribution in [2.45, 2.75) is 18.0 Å². The zero-order valence-electron chi connectivity index (χ0n) is 10.8. The molecule has 0 unspecified atom stereocenters. The Morgan fingerprint density at radius 1 is 1.15 bits per heavy atom. The van der Waals surface area contributed by atoms with Crippen LogP contribution < -0.4 is 5.73 Å². The molecule has 102 valence electrons. The minimum atomic E-state index is 0.427. The zero-order valence-corrected chi connectivity index (χ0v) is 11.6. The summed E-state index contributed by atoms with van der Waals surface area (Å²) in [5.74, 6) is 1.42. The molecule has 0 aliphatic carbocycles. The van der Waals surface area contributed by atoms with E-state index < -0.39 is 0 Å². The molecule has 0 aliphatic heterocycles. The van der Waals surface area contributed by atoms with E-state index in [1.54, 1.807) is 18.1 Å². The van der Waals surface area contributed by atoms with Gasteiger partial charge in [0.15, 0.2) is 11.5 Å². The van der Waals surface area contributed by atoms with E-state index in [0.29, 0.717) is 11.3 Å². The zero-order chi connectivity index (χ0) is 13.8. The molecule has 20 heavy (non-hydrogen) atoms. The van der Waals surface area contributed by atoms with E-state index in [9.17, 15) is 0 Å². The van der Waals surface area contributed by atoms with E-state index in [1.165, 1.54) is 6.33 Å². The second kappa shape index (κ2) is 5.87. The summed E-state index contributed by atoms with van der Waals surface area (Å²) in [5.41, 5.74) is 7.22. The van der Waals surface area contributed by atoms with Crippen molar-refractivity contribution < 1.29 is 0 Å². The summed E-state index contributed by atoms with van der Waals surface area (Å²) in [5, 5.41) is 1.05. The topological polar surface area (TPSA) is 82.5 Å². The van der Waals surface area contributed by atoms with Crippen LogP contribution in [-0.4, -0.2) is 30.3 Å². The van der Waals surface area contributed by atoms with E-state index in [-0.39, 0.29) is 0 Å². The summed E-state index contributed by atoms with van der Waals surface area (Å²) < 4.78 is 2.01. The number of anilines is 1. The monoisotopic (exact) mass is 286 g/mol. The van der Waals surface area contributed by atoms with Gasteiger partial charge in [-0.05, 0) is 18.6 Å². The first kappa shape index (κ1) is 12.9. The first-order chi connectivity index (χ1) is 9.84. The molecule has 0 saturated carbocycles. The molecular weight excluding hydrogens is 272 g/mol. The lowest BCUT2D eigenvalue weighted by molar-refractivity contribution is 0.696. The SMILES string of the molecule is Nc1ncnc2c1ncn2CCCSc1ccccn1. The molecule has 0 amide bonds. The van der Waals surface area contributed by atoms with Crippen molar-refractivity contribution >= 4 is 28.7 Å². The molecule has 2 N–H and O–H groups in total. The molecule has 0 saturated heterocycles. The number of fused-ring (bicyclic) bond motifs is 1. The fourth-order valence-electron chi connectivity index (χ4n) is 1.91. The van der Waals surface area contributed by atoms with Gasteiger partial charge in [-0.1, -0.05) is 6.07 Å². The summed E-state index contributed by atoms with van der Waals surface area (Å²) >= 11 is 1.75. The van der Waals surface area contributed by atoms with Crippen LogP contribution in [0.3, 0.4) is 0 Å². The van der Waals surface area contributed by atoms with Crippen LogP contribution in [0.5, 0.6) is 0 Å². The second-order valence-electron chi connectivity index (χ2n) is 4.24. The van der Waals surface area contributed by atoms with Gasteiger partial charge in [0.05, 0.1) is 11.4 Å². The second-order valence-corrected chi connectivity index (χ2v) is 5.35. The van der Waals surface area contributed by atoms with Crippen molar-refractivity contribution in [3.8, 4) is 0 Å². The van der Waals surface area contributed by atoms with E-state index in [0.717, 1.165) is 29.4 Å². The number of nitrogens with two attached hydrogens (primary N) is 1. The maximum absolute atomic E-state index is 5.76. The number of aryl methyl sites for hydroxylation is 1. The minimum absolute atomic E-state index is 0.427. The highest BCUT2D eigenvalue weighted by molar-refractivity contribution is 7.99. The fraction of sp³-hybridized carbons (Fsp3) is 0.231. The summed E-state index contributed by atoms with van der Waals surface area (Å²) in [7, 11) is 0. The third-order valence-corrected chi connectivity index (χ3v) is 3.89. The number of imidazole rings is 1. The standard InChI is InChI=1S/C13H14N6S/c14-12-11-13(17-8-16-12)19(9-18-11)6-3-7-20-10-4-1-2-5-15-10/h1-2,4-5,8-9H,3,6-7H2,(H2,14,16,17). The van der Waals surface area contributed by atoms with Crippen molar-refractivity contribution in [3.63, 3.8) is 0 Å². The lowest BCUT2D eigenvalue weighted by atomic mass is 10.4. The van der Waals surface area contributed by atoms with Gasteiger partial charge >= 0.3 is 0 Å². The normalized spacial score (nSPS) is 11.0. The molecule has 6 nitrogen and oxygen atoms in total. The molecule has 0 spiro atoms. The number of aromatic nitrogens is 5. The van der Waals surface area contributed by atoms with Crippen LogP contribution in [0.25, 0.3) is 11.2 Å². The number of rotatable bonds is 5. The molecule has 0 aliphatic rings. The van der Waals surface area contributed by atoms with Gasteiger partial charge in [-0.2, -0.15) is 0 Å². The van der Waals surface area contributed by atoms with Crippen LogP contribution >= 0.6 is 11.8 Å². The molecule has 0 fully saturated rings. The molecule has 7 heteroatoms. The highest BCUT2D eigenvalue weighted by Gasteiger charge is 2.07. The summed E-state index contributed by atoms with van der Waals surface area (Å²) in [4.78, 5) is 16.7. The highest BCUT2D eigenvalue weighted by atomic mass is 32.2. The molecule has 0 atom stereocenters. The summed E-state index contributed by atoms with van der Waals surface area (Å²) in [6, 6.07) is 5.94. The molecule has 3 rings (SSSR count). The molecule has 3 aromatic heterocycles. The quantitative estimate of drug-likeness (QED) is 0.570. The summed E-state index contributed by atoms with van der Waals surface area (Å²) in [6.45, 7) is 0.854. The van der Waals surface area contributed by atoms with Crippen molar-refractivity contribution in [3.05, 3.63) is 37.1 Å². The van der Waals surface area contributed by atoms with Crippen LogP contribution in [-0.2, 0) is 6.54 Å². The number of hydrogen-bond acceptors (Lipinski definition) is 6. The van der Waals surface area contributed by atoms with Crippen LogP contribution in [0.4, 0.5) is 5.82 Å². The van der Waals surface area contributed by atoms with Crippen molar-refractivity contribution in [2.24, 2.45) is 0 Å². The van der Waals surface area contributed by atoms with Gasteiger partial charge in [0.25, 0.3) is 0 Å². The lowest BCUT2D eigenvalue weighted by Crippen LogP contribution is -2.00. The summed E-state index contributed by atoms with van der Waals surface area (Å²) in [6.07, 6.45) is 6.06. The average molecular weight is 286 g/mol. The molecule has 3 heterocycles. The van der Waals surface area contributed by atoms with Gasteiger partial charge in [-0.3, -0.25) is 0 Å². The average Bonchev–Trinajstić information content (AvgIpc) is 2.90. The fourth-order valence-corrected chi connectivity index (χ4v) is 2.70. The lowest BCUT2D eigenvalue weighted by Gasteiger charge is -2.03. The Kier molecular flexibility index (Phi) is 3.78. The van der Waals surface area contributed by atoms with Crippen LogP contribution in [0.2, 0.25) is 0 Å². The van der Waals surface area contributed by atoms with E-state index in [1.807, 2.05) is 29.0 Å². The van der Waals surface area contributed by atoms with E-state index >= 15 is 0 Å². The highest BCUT2D eigenvalue weighted by Crippen LogP contribution is 2.17. The molecule has 0 bridgehead atoms. The van der Waals surface area contributed by atoms with Gasteiger partial charge in [0, 0.05) is 18.5 Å². The molecule has 0 radical (unpaired) electrons. The molecule has 3 aromatic rings. The predicted molar refractivity (Wildman–Crippen MR) is 79.3 cm³/mol. The molecule has 0 aromatic carbocycles. The number of nitrogen functional groups attached to an aromatic ring is 1. The van der Waals surface area contributed by atoms with E-state index in [2.05, 4.69) is 19.9 Å². The largest absolute Gasteiger partial charge is 0.382 e. The van der Waals surface area contributed by atoms with Gasteiger partial charge in [-0.25, -0.2) is 19.9 Å². The van der Waals surface area contributed by atoms with Gasteiger partial charge < -0.3 is 10.3 Å². The van der Waals surface area contributed by atoms with Crippen molar-refractivity contribution in [1.82, 2.24) is 24.5 Å². The number of thioether (sulfide) groups is 1. The van der Waals surface area contributed by atoms with Gasteiger partial charge in [-0.15, -0.1) is 11.8 Å². The predicted octanol–water partition coefficient (Wildman–Crippen LogP) is 1.99. The Labute approximate surface area is 120 Å². The minimum Gasteiger partial charge on any atom is -0.382 e. The van der Waals surface area contributed by atoms with Crippen LogP contribution in [0, 0.1) is 0 Å². The smallest absolute Gasteiger partial charge is 0.165 e. The number of nitrogens with zero attached hydrogens (tertiary/aromatic N) is 5. The van der Waals surface area contributed by atoms with Gasteiger partial charge in [0.1, 0.15) is 11.8 Å². The Balaban J connectivity index is 1.59. The number of hydrogen-bond donors (Lipinski definition) is 1. The maximum atomic E-state index is 5.76. The molecular formula is C13H14N6S. The third kappa shape index (κ3) is 2.72. The Bertz CT molecular complexity index is 696. The van der Waals surface area contributed by atoms with Crippen molar-refractivity contribution in [1.29, 1.82) is 0 Å². The van der Waals surface area contributed by atoms with Crippen LogP contribution in [0.1, 0.15) is 6.42 Å². The third-order valence-electron chi connectivity index (χ3n) is 2.86. The Morgan fingerprint density at radius 3 is 2.95 bits per heavy atom. The van der Waals surface area contributed by atoms with Crippen molar-refractivity contribution in [2.75, 3.05) is 11.5 Å². The maximum Gasteiger partial charge on any atom is 0.165 e. The van der Waals surface area contributed by atoms with Crippen LogP contribution in [0.15, 0.2) is 42.1 Å². The van der Waals surface area contributed by atoms with Gasteiger partial charge in [0.2, 0.25) is 0 Å². The Morgan fingerprint density at radius 2 is 2.10 bits per heavy atom. The number of pyridine rings is 1.